The minimum absolute atomic E-state index is 0.287. The summed E-state index contributed by atoms with van der Waals surface area (Å²) in [5.41, 5.74) is 7.04. The third-order valence-electron chi connectivity index (χ3n) is 2.93. The molecule has 3 heteroatoms. The summed E-state index contributed by atoms with van der Waals surface area (Å²) in [6.07, 6.45) is 2.22. The molecule has 1 aliphatic heterocycles. The van der Waals surface area contributed by atoms with Crippen LogP contribution in [0.3, 0.4) is 0 Å². The van der Waals surface area contributed by atoms with Crippen molar-refractivity contribution in [2.45, 2.75) is 39.7 Å². The van der Waals surface area contributed by atoms with E-state index >= 15 is 0 Å². The van der Waals surface area contributed by atoms with Gasteiger partial charge in [-0.05, 0) is 17.6 Å². The molecule has 0 aromatic heterocycles. The molecule has 1 aromatic rings. The Bertz CT molecular complexity index is 384. The van der Waals surface area contributed by atoms with E-state index in [0.29, 0.717) is 0 Å². The first-order valence-electron chi connectivity index (χ1n) is 6.79. The Labute approximate surface area is 112 Å². The zero-order valence-corrected chi connectivity index (χ0v) is 11.9. The number of hydrogen-bond acceptors (Lipinski definition) is 2. The fourth-order valence-electron chi connectivity index (χ4n) is 2.19. The molecule has 0 aliphatic carbocycles. The predicted molar refractivity (Wildman–Crippen MR) is 80.0 cm³/mol. The number of fused-ring (bicyclic) bond motifs is 1. The second-order valence-electron chi connectivity index (χ2n) is 4.04. The van der Waals surface area contributed by atoms with Gasteiger partial charge in [0.15, 0.2) is 7.28 Å². The average molecular weight is 244 g/mol. The van der Waals surface area contributed by atoms with Crippen molar-refractivity contribution in [3.8, 4) is 0 Å². The molecule has 1 aliphatic rings. The number of benzene rings is 1. The SMILES string of the molecule is CC.CCCC(NOC)C1=C[B]c2ccccc21. The lowest BCUT2D eigenvalue weighted by molar-refractivity contribution is 0.0739. The maximum absolute atomic E-state index is 5.08. The van der Waals surface area contributed by atoms with Crippen molar-refractivity contribution in [1.29, 1.82) is 0 Å². The maximum Gasteiger partial charge on any atom is 0.182 e. The van der Waals surface area contributed by atoms with Crippen molar-refractivity contribution in [1.82, 2.24) is 5.48 Å². The van der Waals surface area contributed by atoms with Gasteiger partial charge in [0.25, 0.3) is 0 Å². The van der Waals surface area contributed by atoms with E-state index in [2.05, 4.69) is 49.9 Å². The van der Waals surface area contributed by atoms with Crippen LogP contribution < -0.4 is 10.9 Å². The van der Waals surface area contributed by atoms with Gasteiger partial charge in [-0.3, -0.25) is 0 Å². The van der Waals surface area contributed by atoms with Gasteiger partial charge < -0.3 is 4.84 Å². The lowest BCUT2D eigenvalue weighted by Crippen LogP contribution is -2.29. The summed E-state index contributed by atoms with van der Waals surface area (Å²) in [5.74, 6) is 2.19. The van der Waals surface area contributed by atoms with E-state index in [9.17, 15) is 0 Å². The molecule has 1 heterocycles. The van der Waals surface area contributed by atoms with E-state index in [0.717, 1.165) is 12.8 Å². The normalized spacial score (nSPS) is 13.9. The first kappa shape index (κ1) is 15.0. The first-order valence-corrected chi connectivity index (χ1v) is 6.79. The Kier molecular flexibility index (Phi) is 6.77. The summed E-state index contributed by atoms with van der Waals surface area (Å²) in [4.78, 5) is 5.08. The van der Waals surface area contributed by atoms with Gasteiger partial charge in [0.05, 0.1) is 13.2 Å². The smallest absolute Gasteiger partial charge is 0.182 e. The van der Waals surface area contributed by atoms with Crippen molar-refractivity contribution in [3.63, 3.8) is 0 Å². The molecular formula is C15H23BNO. The number of nitrogens with one attached hydrogen (secondary N) is 1. The highest BCUT2D eigenvalue weighted by molar-refractivity contribution is 6.63. The van der Waals surface area contributed by atoms with Gasteiger partial charge in [0, 0.05) is 0 Å². The largest absolute Gasteiger partial charge is 0.305 e. The van der Waals surface area contributed by atoms with E-state index in [4.69, 9.17) is 4.84 Å². The Hall–Kier alpha value is -1.06. The van der Waals surface area contributed by atoms with Gasteiger partial charge in [-0.1, -0.05) is 56.9 Å². The quantitative estimate of drug-likeness (QED) is 0.635. The van der Waals surface area contributed by atoms with E-state index in [-0.39, 0.29) is 6.04 Å². The molecule has 0 fully saturated rings. The number of rotatable bonds is 5. The molecule has 0 amide bonds. The molecule has 2 rings (SSSR count). The van der Waals surface area contributed by atoms with Crippen LogP contribution in [-0.4, -0.2) is 20.4 Å². The van der Waals surface area contributed by atoms with E-state index < -0.39 is 0 Å². The topological polar surface area (TPSA) is 21.3 Å². The van der Waals surface area contributed by atoms with Crippen LogP contribution in [0.5, 0.6) is 0 Å². The molecule has 1 N–H and O–H groups in total. The van der Waals surface area contributed by atoms with Crippen molar-refractivity contribution in [2.24, 2.45) is 0 Å². The second-order valence-corrected chi connectivity index (χ2v) is 4.04. The van der Waals surface area contributed by atoms with E-state index in [1.807, 2.05) is 13.8 Å². The van der Waals surface area contributed by atoms with E-state index in [1.54, 1.807) is 7.11 Å². The molecule has 2 nitrogen and oxygen atoms in total. The number of hydroxylamine groups is 1. The molecule has 1 atom stereocenters. The lowest BCUT2D eigenvalue weighted by Gasteiger charge is -2.19. The van der Waals surface area contributed by atoms with E-state index in [1.165, 1.54) is 16.6 Å². The standard InChI is InChI=1S/C13H17BNO.C2H6/c1-3-6-13(15-16-2)11-9-14-12-8-5-4-7-10(11)12;1-2/h4-5,7-9,13,15H,3,6H2,1-2H3;1-2H3. The van der Waals surface area contributed by atoms with Gasteiger partial charge in [0.2, 0.25) is 0 Å². The zero-order valence-electron chi connectivity index (χ0n) is 11.9. The maximum atomic E-state index is 5.08. The Balaban J connectivity index is 0.000000771. The van der Waals surface area contributed by atoms with Crippen LogP contribution in [0, 0.1) is 0 Å². The van der Waals surface area contributed by atoms with Crippen LogP contribution in [-0.2, 0) is 4.84 Å². The Morgan fingerprint density at radius 2 is 2.00 bits per heavy atom. The van der Waals surface area contributed by atoms with Gasteiger partial charge in [0.1, 0.15) is 0 Å². The summed E-state index contributed by atoms with van der Waals surface area (Å²) < 4.78 is 0. The van der Waals surface area contributed by atoms with Gasteiger partial charge in [-0.2, -0.15) is 5.48 Å². The molecule has 0 spiro atoms. The fourth-order valence-corrected chi connectivity index (χ4v) is 2.19. The molecule has 0 saturated heterocycles. The Morgan fingerprint density at radius 1 is 1.28 bits per heavy atom. The molecule has 0 saturated carbocycles. The summed E-state index contributed by atoms with van der Waals surface area (Å²) in [5, 5.41) is 0. The highest BCUT2D eigenvalue weighted by Gasteiger charge is 2.21. The minimum atomic E-state index is 0.287. The molecule has 1 unspecified atom stereocenters. The molecular weight excluding hydrogens is 221 g/mol. The minimum Gasteiger partial charge on any atom is -0.305 e. The second kappa shape index (κ2) is 8.12. The van der Waals surface area contributed by atoms with Crippen LogP contribution >= 0.6 is 0 Å². The highest BCUT2D eigenvalue weighted by atomic mass is 16.6. The fraction of sp³-hybridized carbons (Fsp3) is 0.467. The summed E-state index contributed by atoms with van der Waals surface area (Å²) >= 11 is 0. The van der Waals surface area contributed by atoms with Gasteiger partial charge in [-0.25, -0.2) is 0 Å². The summed E-state index contributed by atoms with van der Waals surface area (Å²) in [6, 6.07) is 8.76. The molecule has 0 bridgehead atoms. The molecule has 1 radical (unpaired) electrons. The molecule has 97 valence electrons. The predicted octanol–water partition coefficient (Wildman–Crippen LogP) is 2.72. The van der Waals surface area contributed by atoms with Crippen LogP contribution in [0.15, 0.2) is 30.2 Å². The monoisotopic (exact) mass is 244 g/mol. The van der Waals surface area contributed by atoms with Gasteiger partial charge in [-0.15, -0.1) is 5.98 Å². The van der Waals surface area contributed by atoms with Crippen LogP contribution in [0.4, 0.5) is 0 Å². The van der Waals surface area contributed by atoms with Crippen molar-refractivity contribution in [3.05, 3.63) is 35.8 Å². The average Bonchev–Trinajstić information content (AvgIpc) is 2.85. The van der Waals surface area contributed by atoms with Crippen molar-refractivity contribution in [2.75, 3.05) is 7.11 Å². The first-order chi connectivity index (χ1) is 8.86. The zero-order chi connectivity index (χ0) is 13.4. The number of hydrogen-bond donors (Lipinski definition) is 1. The third-order valence-corrected chi connectivity index (χ3v) is 2.93. The van der Waals surface area contributed by atoms with Crippen molar-refractivity contribution >= 4 is 18.3 Å². The van der Waals surface area contributed by atoms with Crippen molar-refractivity contribution < 1.29 is 4.84 Å². The molecule has 1 aromatic carbocycles. The summed E-state index contributed by atoms with van der Waals surface area (Å²) in [6.45, 7) is 6.19. The van der Waals surface area contributed by atoms with Crippen LogP contribution in [0.25, 0.3) is 5.57 Å². The summed E-state index contributed by atoms with van der Waals surface area (Å²) in [7, 11) is 3.85. The Morgan fingerprint density at radius 3 is 2.67 bits per heavy atom. The van der Waals surface area contributed by atoms with Crippen LogP contribution in [0.1, 0.15) is 39.2 Å². The van der Waals surface area contributed by atoms with Crippen LogP contribution in [0.2, 0.25) is 0 Å². The molecule has 18 heavy (non-hydrogen) atoms. The lowest BCUT2D eigenvalue weighted by atomic mass is 9.73. The third kappa shape index (κ3) is 3.47. The van der Waals surface area contributed by atoms with Gasteiger partial charge >= 0.3 is 0 Å². The highest BCUT2D eigenvalue weighted by Crippen LogP contribution is 2.23.